The summed E-state index contributed by atoms with van der Waals surface area (Å²) in [6, 6.07) is 12.7. The molecule has 0 amide bonds. The van der Waals surface area contributed by atoms with Gasteiger partial charge < -0.3 is 14.8 Å². The van der Waals surface area contributed by atoms with E-state index in [-0.39, 0.29) is 23.8 Å². The Bertz CT molecular complexity index is 1300. The first-order valence-electron chi connectivity index (χ1n) is 19.6. The molecule has 0 radical (unpaired) electrons. The van der Waals surface area contributed by atoms with Crippen LogP contribution in [0.4, 0.5) is 0 Å². The predicted octanol–water partition coefficient (Wildman–Crippen LogP) is 11.9. The third-order valence-corrected chi connectivity index (χ3v) is 9.49. The number of carbonyl (C=O) groups excluding carboxylic acids is 1. The fourth-order valence-corrected chi connectivity index (χ4v) is 6.56. The van der Waals surface area contributed by atoms with Gasteiger partial charge in [-0.3, -0.25) is 8.98 Å². The van der Waals surface area contributed by atoms with Gasteiger partial charge in [-0.05, 0) is 63.9 Å². The van der Waals surface area contributed by atoms with Crippen molar-refractivity contribution in [2.45, 2.75) is 175 Å². The number of hydrogen-bond acceptors (Lipinski definition) is 7. The molecule has 8 heteroatoms. The standard InChI is InChI=1S/C42H69NO6S/c1-7-8-9-10-11-12-13-14-15-16-17-18-19-20-21-22-23-24-25-26-41(44)48-39-33-36(40(49-50(6,45)46)34-43-42(3,4)5)29-32-38(39)47-37-30-27-35(2)28-31-37/h27-33,40,43H,7-26,34H2,1-6H3. The molecule has 1 unspecified atom stereocenters. The maximum atomic E-state index is 13.0. The lowest BCUT2D eigenvalue weighted by molar-refractivity contribution is -0.134. The lowest BCUT2D eigenvalue weighted by Crippen LogP contribution is -2.39. The first kappa shape index (κ1) is 43.7. The van der Waals surface area contributed by atoms with Gasteiger partial charge in [-0.25, -0.2) is 0 Å². The summed E-state index contributed by atoms with van der Waals surface area (Å²) < 4.78 is 41.7. The van der Waals surface area contributed by atoms with Gasteiger partial charge >= 0.3 is 5.97 Å². The maximum Gasteiger partial charge on any atom is 0.311 e. The lowest BCUT2D eigenvalue weighted by Gasteiger charge is -2.25. The quantitative estimate of drug-likeness (QED) is 0.0406. The average Bonchev–Trinajstić information content (AvgIpc) is 3.05. The molecule has 7 nitrogen and oxygen atoms in total. The largest absolute Gasteiger partial charge is 0.453 e. The summed E-state index contributed by atoms with van der Waals surface area (Å²) in [5, 5.41) is 3.31. The van der Waals surface area contributed by atoms with Crippen LogP contribution in [0.3, 0.4) is 0 Å². The number of unbranched alkanes of at least 4 members (excludes halogenated alkanes) is 18. The fourth-order valence-electron chi connectivity index (χ4n) is 5.96. The van der Waals surface area contributed by atoms with Crippen LogP contribution in [0.1, 0.15) is 173 Å². The van der Waals surface area contributed by atoms with Crippen LogP contribution in [0.25, 0.3) is 0 Å². The highest BCUT2D eigenvalue weighted by Crippen LogP contribution is 2.36. The summed E-state index contributed by atoms with van der Waals surface area (Å²) in [7, 11) is -3.75. The second-order valence-electron chi connectivity index (χ2n) is 15.1. The Morgan fingerprint density at radius 2 is 1.18 bits per heavy atom. The molecule has 2 aromatic carbocycles. The molecule has 284 valence electrons. The normalized spacial score (nSPS) is 12.6. The Balaban J connectivity index is 1.77. The number of nitrogens with one attached hydrogen (secondary N) is 1. The molecular formula is C42H69NO6S. The van der Waals surface area contributed by atoms with Crippen LogP contribution < -0.4 is 14.8 Å². The smallest absolute Gasteiger partial charge is 0.311 e. The van der Waals surface area contributed by atoms with Gasteiger partial charge in [-0.2, -0.15) is 8.42 Å². The van der Waals surface area contributed by atoms with Gasteiger partial charge in [0.1, 0.15) is 11.9 Å². The second kappa shape index (κ2) is 24.7. The molecule has 2 rings (SSSR count). The van der Waals surface area contributed by atoms with E-state index in [2.05, 4.69) is 12.2 Å². The molecule has 0 saturated heterocycles. The van der Waals surface area contributed by atoms with Crippen LogP contribution in [0, 0.1) is 6.92 Å². The van der Waals surface area contributed by atoms with Crippen LogP contribution in [-0.2, 0) is 19.1 Å². The molecule has 0 saturated carbocycles. The van der Waals surface area contributed by atoms with Crippen molar-refractivity contribution in [3.8, 4) is 17.2 Å². The number of esters is 1. The second-order valence-corrected chi connectivity index (χ2v) is 16.7. The van der Waals surface area contributed by atoms with E-state index in [0.29, 0.717) is 23.5 Å². The van der Waals surface area contributed by atoms with Gasteiger partial charge in [-0.1, -0.05) is 146 Å². The highest BCUT2D eigenvalue weighted by molar-refractivity contribution is 7.86. The Morgan fingerprint density at radius 3 is 1.64 bits per heavy atom. The van der Waals surface area contributed by atoms with Crippen LogP contribution in [-0.4, -0.2) is 32.7 Å². The van der Waals surface area contributed by atoms with Crippen molar-refractivity contribution >= 4 is 16.1 Å². The summed E-state index contributed by atoms with van der Waals surface area (Å²) in [4.78, 5) is 13.0. The summed E-state index contributed by atoms with van der Waals surface area (Å²) in [5.74, 6) is 0.888. The van der Waals surface area contributed by atoms with Crippen molar-refractivity contribution < 1.29 is 26.9 Å². The average molecular weight is 716 g/mol. The Hall–Kier alpha value is -2.42. The molecule has 0 aliphatic rings. The predicted molar refractivity (Wildman–Crippen MR) is 208 cm³/mol. The molecule has 2 aromatic rings. The molecule has 0 aliphatic heterocycles. The van der Waals surface area contributed by atoms with E-state index in [9.17, 15) is 13.2 Å². The zero-order chi connectivity index (χ0) is 36.7. The van der Waals surface area contributed by atoms with Crippen LogP contribution in [0.5, 0.6) is 17.2 Å². The summed E-state index contributed by atoms with van der Waals surface area (Å²) in [6.07, 6.45) is 25.3. The minimum Gasteiger partial charge on any atom is -0.453 e. The minimum atomic E-state index is -3.75. The molecule has 0 aliphatic carbocycles. The molecule has 0 bridgehead atoms. The third-order valence-electron chi connectivity index (χ3n) is 8.91. The Kier molecular flexibility index (Phi) is 21.6. The van der Waals surface area contributed by atoms with Gasteiger partial charge in [-0.15, -0.1) is 0 Å². The molecule has 0 fully saturated rings. The number of benzene rings is 2. The van der Waals surface area contributed by atoms with Crippen molar-refractivity contribution in [2.75, 3.05) is 12.8 Å². The van der Waals surface area contributed by atoms with Gasteiger partial charge in [0.15, 0.2) is 11.5 Å². The van der Waals surface area contributed by atoms with E-state index >= 15 is 0 Å². The summed E-state index contributed by atoms with van der Waals surface area (Å²) >= 11 is 0. The number of carbonyl (C=O) groups is 1. The van der Waals surface area contributed by atoms with Crippen LogP contribution >= 0.6 is 0 Å². The van der Waals surface area contributed by atoms with Gasteiger partial charge in [0, 0.05) is 18.5 Å². The highest BCUT2D eigenvalue weighted by atomic mass is 32.2. The topological polar surface area (TPSA) is 90.9 Å². The summed E-state index contributed by atoms with van der Waals surface area (Å²) in [5.41, 5.74) is 1.41. The van der Waals surface area contributed by atoms with Crippen LogP contribution in [0.15, 0.2) is 42.5 Å². The van der Waals surface area contributed by atoms with Gasteiger partial charge in [0.05, 0.1) is 6.26 Å². The molecule has 0 spiro atoms. The molecule has 0 heterocycles. The van der Waals surface area contributed by atoms with Crippen molar-refractivity contribution in [2.24, 2.45) is 0 Å². The number of ether oxygens (including phenoxy) is 2. The van der Waals surface area contributed by atoms with E-state index in [4.69, 9.17) is 13.7 Å². The van der Waals surface area contributed by atoms with Crippen molar-refractivity contribution in [1.82, 2.24) is 5.32 Å². The monoisotopic (exact) mass is 715 g/mol. The van der Waals surface area contributed by atoms with E-state index in [1.54, 1.807) is 18.2 Å². The van der Waals surface area contributed by atoms with E-state index in [1.165, 1.54) is 103 Å². The van der Waals surface area contributed by atoms with E-state index in [0.717, 1.165) is 31.1 Å². The zero-order valence-corrected chi connectivity index (χ0v) is 33.1. The maximum absolute atomic E-state index is 13.0. The first-order chi connectivity index (χ1) is 23.9. The number of aryl methyl sites for hydroxylation is 1. The Labute approximate surface area is 305 Å². The molecule has 1 atom stereocenters. The Morgan fingerprint density at radius 1 is 0.700 bits per heavy atom. The number of hydrogen-bond donors (Lipinski definition) is 1. The molecule has 50 heavy (non-hydrogen) atoms. The van der Waals surface area contributed by atoms with Gasteiger partial charge in [0.25, 0.3) is 10.1 Å². The third kappa shape index (κ3) is 21.7. The fraction of sp³-hybridized carbons (Fsp3) is 0.690. The van der Waals surface area contributed by atoms with Crippen molar-refractivity contribution in [3.05, 3.63) is 53.6 Å². The van der Waals surface area contributed by atoms with E-state index in [1.807, 2.05) is 52.0 Å². The van der Waals surface area contributed by atoms with Crippen LogP contribution in [0.2, 0.25) is 0 Å². The molecule has 1 N–H and O–H groups in total. The first-order valence-corrected chi connectivity index (χ1v) is 21.4. The zero-order valence-electron chi connectivity index (χ0n) is 32.3. The molecular weight excluding hydrogens is 647 g/mol. The van der Waals surface area contributed by atoms with E-state index < -0.39 is 16.2 Å². The number of rotatable bonds is 28. The van der Waals surface area contributed by atoms with Crippen molar-refractivity contribution in [3.63, 3.8) is 0 Å². The SMILES string of the molecule is CCCCCCCCCCCCCCCCCCCCCC(=O)Oc1cc(C(CNC(C)(C)C)OS(C)(=O)=O)ccc1Oc1ccc(C)cc1. The lowest BCUT2D eigenvalue weighted by atomic mass is 10.0. The molecule has 0 aromatic heterocycles. The highest BCUT2D eigenvalue weighted by Gasteiger charge is 2.23. The van der Waals surface area contributed by atoms with Gasteiger partial charge in [0.2, 0.25) is 0 Å². The van der Waals surface area contributed by atoms with Crippen molar-refractivity contribution in [1.29, 1.82) is 0 Å². The summed E-state index contributed by atoms with van der Waals surface area (Å²) in [6.45, 7) is 10.5. The minimum absolute atomic E-state index is 0.240.